The molecule has 0 aliphatic rings. The van der Waals surface area contributed by atoms with Crippen LogP contribution < -0.4 is 10.6 Å². The normalized spacial score (nSPS) is 10.2. The minimum Gasteiger partial charge on any atom is -0.508 e. The lowest BCUT2D eigenvalue weighted by atomic mass is 10.1. The summed E-state index contributed by atoms with van der Waals surface area (Å²) < 4.78 is 1.47. The van der Waals surface area contributed by atoms with E-state index in [4.69, 9.17) is 0 Å². The second kappa shape index (κ2) is 5.85. The molecule has 0 atom stereocenters. The van der Waals surface area contributed by atoms with Gasteiger partial charge >= 0.3 is 6.03 Å². The van der Waals surface area contributed by atoms with Crippen LogP contribution in [0.4, 0.5) is 10.7 Å². The summed E-state index contributed by atoms with van der Waals surface area (Å²) in [4.78, 5) is 15.4. The molecule has 2 amide bonds. The Morgan fingerprint density at radius 3 is 3.00 bits per heavy atom. The zero-order valence-electron chi connectivity index (χ0n) is 10.5. The average Bonchev–Trinajstić information content (AvgIpc) is 2.75. The number of carbonyl (C=O) groups is 1. The molecule has 1 aromatic heterocycles. The Balaban J connectivity index is 1.77. The number of nitrogens with one attached hydrogen (secondary N) is 2. The van der Waals surface area contributed by atoms with Crippen LogP contribution in [0.15, 0.2) is 30.6 Å². The molecule has 0 saturated heterocycles. The maximum Gasteiger partial charge on any atom is 0.321 e. The van der Waals surface area contributed by atoms with Crippen molar-refractivity contribution >= 4 is 12.0 Å². The monoisotopic (exact) mass is 261 g/mol. The standard InChI is InChI=1S/C12H15N5O2/c1-17-11(14-8-15-17)16-12(19)13-6-5-9-3-2-4-10(18)7-9/h2-4,7-8,18H,5-6H2,1H3,(H2,13,14,15,16,19). The van der Waals surface area contributed by atoms with Gasteiger partial charge in [0.1, 0.15) is 12.1 Å². The molecule has 0 fully saturated rings. The number of hydrogen-bond acceptors (Lipinski definition) is 4. The molecule has 0 saturated carbocycles. The Kier molecular flexibility index (Phi) is 3.97. The van der Waals surface area contributed by atoms with E-state index in [0.717, 1.165) is 5.56 Å². The Hall–Kier alpha value is -2.57. The highest BCUT2D eigenvalue weighted by Crippen LogP contribution is 2.10. The number of nitrogens with zero attached hydrogens (tertiary/aromatic N) is 3. The third kappa shape index (κ3) is 3.70. The fourth-order valence-electron chi connectivity index (χ4n) is 1.59. The van der Waals surface area contributed by atoms with Crippen LogP contribution in [-0.4, -0.2) is 32.4 Å². The first-order valence-corrected chi connectivity index (χ1v) is 5.82. The Bertz CT molecular complexity index is 567. The molecule has 0 unspecified atom stereocenters. The van der Waals surface area contributed by atoms with Gasteiger partial charge in [-0.1, -0.05) is 12.1 Å². The summed E-state index contributed by atoms with van der Waals surface area (Å²) >= 11 is 0. The number of aryl methyl sites for hydroxylation is 1. The summed E-state index contributed by atoms with van der Waals surface area (Å²) in [6.45, 7) is 0.465. The number of aromatic hydroxyl groups is 1. The fourth-order valence-corrected chi connectivity index (χ4v) is 1.59. The summed E-state index contributed by atoms with van der Waals surface area (Å²) in [6.07, 6.45) is 2.00. The number of phenolic OH excluding ortho intramolecular Hbond substituents is 1. The zero-order valence-corrected chi connectivity index (χ0v) is 10.5. The van der Waals surface area contributed by atoms with Gasteiger partial charge in [0, 0.05) is 13.6 Å². The Labute approximate surface area is 110 Å². The summed E-state index contributed by atoms with van der Waals surface area (Å²) in [6, 6.07) is 6.60. The summed E-state index contributed by atoms with van der Waals surface area (Å²) in [5, 5.41) is 18.4. The molecule has 1 heterocycles. The number of carbonyl (C=O) groups excluding carboxylic acids is 1. The molecule has 100 valence electrons. The van der Waals surface area contributed by atoms with E-state index in [9.17, 15) is 9.90 Å². The second-order valence-corrected chi connectivity index (χ2v) is 4.01. The maximum absolute atomic E-state index is 11.6. The second-order valence-electron chi connectivity index (χ2n) is 4.01. The van der Waals surface area contributed by atoms with E-state index in [2.05, 4.69) is 20.7 Å². The topological polar surface area (TPSA) is 92.1 Å². The number of amides is 2. The van der Waals surface area contributed by atoms with Crippen LogP contribution in [0.1, 0.15) is 5.56 Å². The molecule has 7 nitrogen and oxygen atoms in total. The first-order valence-electron chi connectivity index (χ1n) is 5.82. The number of anilines is 1. The lowest BCUT2D eigenvalue weighted by Crippen LogP contribution is -2.31. The molecule has 19 heavy (non-hydrogen) atoms. The highest BCUT2D eigenvalue weighted by molar-refractivity contribution is 5.87. The Morgan fingerprint density at radius 2 is 2.32 bits per heavy atom. The maximum atomic E-state index is 11.6. The first kappa shape index (κ1) is 12.9. The van der Waals surface area contributed by atoms with Gasteiger partial charge in [0.2, 0.25) is 5.95 Å². The predicted octanol–water partition coefficient (Wildman–Crippen LogP) is 0.885. The van der Waals surface area contributed by atoms with Crippen molar-refractivity contribution in [3.05, 3.63) is 36.2 Å². The number of hydrogen-bond donors (Lipinski definition) is 3. The van der Waals surface area contributed by atoms with Gasteiger partial charge in [-0.25, -0.2) is 9.48 Å². The lowest BCUT2D eigenvalue weighted by Gasteiger charge is -2.06. The van der Waals surface area contributed by atoms with Gasteiger partial charge in [0.15, 0.2) is 0 Å². The van der Waals surface area contributed by atoms with Crippen molar-refractivity contribution < 1.29 is 9.90 Å². The molecular formula is C12H15N5O2. The van der Waals surface area contributed by atoms with Gasteiger partial charge in [0.25, 0.3) is 0 Å². The van der Waals surface area contributed by atoms with Crippen molar-refractivity contribution in [1.29, 1.82) is 0 Å². The van der Waals surface area contributed by atoms with Crippen LogP contribution in [0.2, 0.25) is 0 Å². The van der Waals surface area contributed by atoms with Gasteiger partial charge in [-0.3, -0.25) is 5.32 Å². The van der Waals surface area contributed by atoms with Crippen molar-refractivity contribution in [2.24, 2.45) is 7.05 Å². The summed E-state index contributed by atoms with van der Waals surface area (Å²) in [7, 11) is 1.69. The van der Waals surface area contributed by atoms with E-state index in [-0.39, 0.29) is 11.8 Å². The molecule has 0 spiro atoms. The molecule has 2 rings (SSSR count). The van der Waals surface area contributed by atoms with E-state index in [1.54, 1.807) is 25.2 Å². The molecule has 0 aliphatic heterocycles. The van der Waals surface area contributed by atoms with E-state index in [1.807, 2.05) is 6.07 Å². The van der Waals surface area contributed by atoms with Crippen molar-refractivity contribution in [3.63, 3.8) is 0 Å². The average molecular weight is 261 g/mol. The minimum absolute atomic E-state index is 0.223. The number of urea groups is 1. The number of benzene rings is 1. The van der Waals surface area contributed by atoms with E-state index in [0.29, 0.717) is 18.9 Å². The third-order valence-corrected chi connectivity index (χ3v) is 2.55. The Morgan fingerprint density at radius 1 is 1.47 bits per heavy atom. The lowest BCUT2D eigenvalue weighted by molar-refractivity contribution is 0.252. The molecular weight excluding hydrogens is 246 g/mol. The molecule has 0 bridgehead atoms. The number of aromatic nitrogens is 3. The van der Waals surface area contributed by atoms with Crippen LogP contribution in [0.25, 0.3) is 0 Å². The van der Waals surface area contributed by atoms with Crippen LogP contribution in [0, 0.1) is 0 Å². The largest absolute Gasteiger partial charge is 0.508 e. The summed E-state index contributed by atoms with van der Waals surface area (Å²) in [5.74, 6) is 0.607. The van der Waals surface area contributed by atoms with Crippen molar-refractivity contribution in [3.8, 4) is 5.75 Å². The molecule has 3 N–H and O–H groups in total. The SMILES string of the molecule is Cn1ncnc1NC(=O)NCCc1cccc(O)c1. The molecule has 7 heteroatoms. The van der Waals surface area contributed by atoms with E-state index < -0.39 is 0 Å². The molecule has 2 aromatic rings. The van der Waals surface area contributed by atoms with Gasteiger partial charge in [0.05, 0.1) is 0 Å². The van der Waals surface area contributed by atoms with Crippen LogP contribution in [-0.2, 0) is 13.5 Å². The van der Waals surface area contributed by atoms with E-state index in [1.165, 1.54) is 11.0 Å². The summed E-state index contributed by atoms with van der Waals surface area (Å²) in [5.41, 5.74) is 0.957. The highest BCUT2D eigenvalue weighted by atomic mass is 16.3. The number of phenols is 1. The van der Waals surface area contributed by atoms with E-state index >= 15 is 0 Å². The zero-order chi connectivity index (χ0) is 13.7. The van der Waals surface area contributed by atoms with Gasteiger partial charge in [-0.2, -0.15) is 10.1 Å². The van der Waals surface area contributed by atoms with Crippen LogP contribution in [0.5, 0.6) is 5.75 Å². The smallest absolute Gasteiger partial charge is 0.321 e. The predicted molar refractivity (Wildman–Crippen MR) is 69.8 cm³/mol. The van der Waals surface area contributed by atoms with Crippen molar-refractivity contribution in [1.82, 2.24) is 20.1 Å². The molecule has 1 aromatic carbocycles. The van der Waals surface area contributed by atoms with Crippen molar-refractivity contribution in [2.45, 2.75) is 6.42 Å². The highest BCUT2D eigenvalue weighted by Gasteiger charge is 2.05. The van der Waals surface area contributed by atoms with Crippen LogP contribution in [0.3, 0.4) is 0 Å². The number of rotatable bonds is 4. The molecule has 0 aliphatic carbocycles. The van der Waals surface area contributed by atoms with Crippen molar-refractivity contribution in [2.75, 3.05) is 11.9 Å². The molecule has 0 radical (unpaired) electrons. The van der Waals surface area contributed by atoms with Crippen LogP contribution >= 0.6 is 0 Å². The first-order chi connectivity index (χ1) is 9.15. The van der Waals surface area contributed by atoms with Gasteiger partial charge < -0.3 is 10.4 Å². The van der Waals surface area contributed by atoms with Gasteiger partial charge in [-0.05, 0) is 24.1 Å². The fraction of sp³-hybridized carbons (Fsp3) is 0.250. The minimum atomic E-state index is -0.337. The third-order valence-electron chi connectivity index (χ3n) is 2.55. The van der Waals surface area contributed by atoms with Gasteiger partial charge in [-0.15, -0.1) is 0 Å². The quantitative estimate of drug-likeness (QED) is 0.762.